The van der Waals surface area contributed by atoms with Crippen LogP contribution in [0.5, 0.6) is 0 Å². The topological polar surface area (TPSA) is 59.8 Å². The van der Waals surface area contributed by atoms with Crippen molar-refractivity contribution in [3.05, 3.63) is 48.0 Å². The molecule has 0 radical (unpaired) electrons. The van der Waals surface area contributed by atoms with Gasteiger partial charge in [0.2, 0.25) is 5.91 Å². The number of nitrogens with one attached hydrogen (secondary N) is 1. The largest absolute Gasteiger partial charge is 0.346 e. The first-order chi connectivity index (χ1) is 11.7. The molecule has 24 heavy (non-hydrogen) atoms. The Morgan fingerprint density at radius 3 is 2.79 bits per heavy atom. The lowest BCUT2D eigenvalue weighted by molar-refractivity contribution is -0.121. The van der Waals surface area contributed by atoms with E-state index in [0.717, 1.165) is 18.7 Å². The Morgan fingerprint density at radius 1 is 1.29 bits per heavy atom. The molecule has 0 unspecified atom stereocenters. The fourth-order valence-corrected chi connectivity index (χ4v) is 3.50. The number of carbonyl (C=O) groups excluding carboxylic acids is 1. The van der Waals surface area contributed by atoms with Gasteiger partial charge in [-0.1, -0.05) is 43.2 Å². The van der Waals surface area contributed by atoms with Crippen molar-refractivity contribution in [1.82, 2.24) is 20.1 Å². The highest BCUT2D eigenvalue weighted by atomic mass is 16.1. The Labute approximate surface area is 143 Å². The van der Waals surface area contributed by atoms with Crippen molar-refractivity contribution < 1.29 is 4.79 Å². The summed E-state index contributed by atoms with van der Waals surface area (Å²) >= 11 is 0. The fraction of sp³-hybridized carbons (Fsp3) is 0.526. The van der Waals surface area contributed by atoms with E-state index in [-0.39, 0.29) is 11.9 Å². The van der Waals surface area contributed by atoms with Gasteiger partial charge in [0.05, 0.1) is 6.04 Å². The normalized spacial score (nSPS) is 16.2. The summed E-state index contributed by atoms with van der Waals surface area (Å²) in [4.78, 5) is 12.2. The average Bonchev–Trinajstić information content (AvgIpc) is 3.27. The summed E-state index contributed by atoms with van der Waals surface area (Å²) in [6.07, 6.45) is 9.04. The Kier molecular flexibility index (Phi) is 5.62. The van der Waals surface area contributed by atoms with Gasteiger partial charge in [-0.25, -0.2) is 0 Å². The standard InChI is InChI=1S/C19H26N4O/c1-15(19-22-20-14-23(19)17-11-5-6-12-17)21-18(24)13-7-10-16-8-3-2-4-9-16/h2-4,8-9,14-15,17H,5-7,10-13H2,1H3,(H,21,24)/t15-/m1/s1. The SMILES string of the molecule is C[C@@H](NC(=O)CCCc1ccccc1)c1nncn1C1CCCC1. The predicted molar refractivity (Wildman–Crippen MR) is 93.5 cm³/mol. The van der Waals surface area contributed by atoms with Crippen LogP contribution in [0.1, 0.15) is 68.9 Å². The van der Waals surface area contributed by atoms with Gasteiger partial charge in [0, 0.05) is 12.5 Å². The summed E-state index contributed by atoms with van der Waals surface area (Å²) in [5, 5.41) is 11.4. The highest BCUT2D eigenvalue weighted by Crippen LogP contribution is 2.31. The summed E-state index contributed by atoms with van der Waals surface area (Å²) in [6.45, 7) is 1.99. The maximum atomic E-state index is 12.2. The third-order valence-corrected chi connectivity index (χ3v) is 4.80. The van der Waals surface area contributed by atoms with Gasteiger partial charge in [0.1, 0.15) is 6.33 Å². The molecule has 3 rings (SSSR count). The quantitative estimate of drug-likeness (QED) is 0.846. The maximum absolute atomic E-state index is 12.2. The zero-order valence-electron chi connectivity index (χ0n) is 14.3. The monoisotopic (exact) mass is 326 g/mol. The molecular formula is C19H26N4O. The number of carbonyl (C=O) groups is 1. The zero-order valence-corrected chi connectivity index (χ0v) is 14.3. The lowest BCUT2D eigenvalue weighted by Gasteiger charge is -2.18. The second kappa shape index (κ2) is 8.08. The predicted octanol–water partition coefficient (Wildman–Crippen LogP) is 3.59. The number of amides is 1. The smallest absolute Gasteiger partial charge is 0.220 e. The molecule has 1 aromatic heterocycles. The lowest BCUT2D eigenvalue weighted by Crippen LogP contribution is -2.29. The third kappa shape index (κ3) is 4.22. The van der Waals surface area contributed by atoms with E-state index in [9.17, 15) is 4.79 Å². The van der Waals surface area contributed by atoms with Crippen LogP contribution < -0.4 is 5.32 Å². The Hall–Kier alpha value is -2.17. The van der Waals surface area contributed by atoms with E-state index in [1.54, 1.807) is 0 Å². The van der Waals surface area contributed by atoms with E-state index < -0.39 is 0 Å². The second-order valence-corrected chi connectivity index (χ2v) is 6.66. The fourth-order valence-electron chi connectivity index (χ4n) is 3.50. The van der Waals surface area contributed by atoms with Crippen LogP contribution in [0, 0.1) is 0 Å². The van der Waals surface area contributed by atoms with Gasteiger partial charge in [-0.05, 0) is 38.2 Å². The van der Waals surface area contributed by atoms with Crippen molar-refractivity contribution in [3.8, 4) is 0 Å². The van der Waals surface area contributed by atoms with Crippen LogP contribution >= 0.6 is 0 Å². The van der Waals surface area contributed by atoms with Crippen molar-refractivity contribution in [2.75, 3.05) is 0 Å². The highest BCUT2D eigenvalue weighted by molar-refractivity contribution is 5.76. The minimum Gasteiger partial charge on any atom is -0.346 e. The summed E-state index contributed by atoms with van der Waals surface area (Å²) < 4.78 is 2.15. The molecule has 1 aliphatic rings. The number of nitrogens with zero attached hydrogens (tertiary/aromatic N) is 3. The van der Waals surface area contributed by atoms with Gasteiger partial charge < -0.3 is 9.88 Å². The van der Waals surface area contributed by atoms with Crippen molar-refractivity contribution >= 4 is 5.91 Å². The molecule has 1 atom stereocenters. The van der Waals surface area contributed by atoms with Crippen molar-refractivity contribution in [2.45, 2.75) is 64.0 Å². The molecule has 0 saturated heterocycles. The molecule has 1 amide bonds. The van der Waals surface area contributed by atoms with E-state index >= 15 is 0 Å². The molecule has 5 nitrogen and oxygen atoms in total. The Balaban J connectivity index is 1.48. The highest BCUT2D eigenvalue weighted by Gasteiger charge is 2.23. The van der Waals surface area contributed by atoms with Crippen LogP contribution in [0.3, 0.4) is 0 Å². The molecule has 1 N–H and O–H groups in total. The summed E-state index contributed by atoms with van der Waals surface area (Å²) in [5.41, 5.74) is 1.28. The minimum absolute atomic E-state index is 0.0828. The maximum Gasteiger partial charge on any atom is 0.220 e. The second-order valence-electron chi connectivity index (χ2n) is 6.66. The number of hydrogen-bond acceptors (Lipinski definition) is 3. The zero-order chi connectivity index (χ0) is 16.8. The van der Waals surface area contributed by atoms with Gasteiger partial charge in [0.25, 0.3) is 0 Å². The van der Waals surface area contributed by atoms with E-state index in [1.165, 1.54) is 31.2 Å². The molecule has 1 saturated carbocycles. The minimum atomic E-state index is -0.0997. The third-order valence-electron chi connectivity index (χ3n) is 4.80. The van der Waals surface area contributed by atoms with Crippen molar-refractivity contribution in [2.24, 2.45) is 0 Å². The van der Waals surface area contributed by atoms with Crippen LogP contribution in [0.4, 0.5) is 0 Å². The lowest BCUT2D eigenvalue weighted by atomic mass is 10.1. The molecule has 1 aliphatic carbocycles. The molecule has 0 bridgehead atoms. The van der Waals surface area contributed by atoms with Crippen LogP contribution in [0.25, 0.3) is 0 Å². The molecular weight excluding hydrogens is 300 g/mol. The first kappa shape index (κ1) is 16.7. The summed E-state index contributed by atoms with van der Waals surface area (Å²) in [7, 11) is 0. The van der Waals surface area contributed by atoms with Gasteiger partial charge in [-0.2, -0.15) is 0 Å². The molecule has 0 spiro atoms. The first-order valence-electron chi connectivity index (χ1n) is 8.96. The van der Waals surface area contributed by atoms with Gasteiger partial charge in [-0.3, -0.25) is 4.79 Å². The molecule has 128 valence electrons. The molecule has 1 fully saturated rings. The van der Waals surface area contributed by atoms with E-state index in [0.29, 0.717) is 12.5 Å². The summed E-state index contributed by atoms with van der Waals surface area (Å²) in [6, 6.07) is 10.7. The van der Waals surface area contributed by atoms with Crippen LogP contribution in [0.15, 0.2) is 36.7 Å². The number of rotatable bonds is 7. The molecule has 5 heteroatoms. The first-order valence-corrected chi connectivity index (χ1v) is 8.96. The van der Waals surface area contributed by atoms with E-state index in [1.807, 2.05) is 31.5 Å². The number of aryl methyl sites for hydroxylation is 1. The van der Waals surface area contributed by atoms with Gasteiger partial charge >= 0.3 is 0 Å². The number of aromatic nitrogens is 3. The average molecular weight is 326 g/mol. The van der Waals surface area contributed by atoms with Crippen molar-refractivity contribution in [1.29, 1.82) is 0 Å². The van der Waals surface area contributed by atoms with Crippen LogP contribution in [0.2, 0.25) is 0 Å². The van der Waals surface area contributed by atoms with Gasteiger partial charge in [0.15, 0.2) is 5.82 Å². The number of benzene rings is 1. The Morgan fingerprint density at radius 2 is 2.04 bits per heavy atom. The van der Waals surface area contributed by atoms with Crippen LogP contribution in [-0.4, -0.2) is 20.7 Å². The molecule has 1 aromatic carbocycles. The van der Waals surface area contributed by atoms with E-state index in [4.69, 9.17) is 0 Å². The van der Waals surface area contributed by atoms with Crippen molar-refractivity contribution in [3.63, 3.8) is 0 Å². The Bertz CT molecular complexity index is 646. The summed E-state index contributed by atoms with van der Waals surface area (Å²) in [5.74, 6) is 0.956. The molecule has 1 heterocycles. The van der Waals surface area contributed by atoms with Crippen LogP contribution in [-0.2, 0) is 11.2 Å². The number of hydrogen-bond donors (Lipinski definition) is 1. The molecule has 2 aromatic rings. The van der Waals surface area contributed by atoms with Gasteiger partial charge in [-0.15, -0.1) is 10.2 Å². The molecule has 0 aliphatic heterocycles. The van der Waals surface area contributed by atoms with E-state index in [2.05, 4.69) is 32.2 Å².